The lowest BCUT2D eigenvalue weighted by molar-refractivity contribution is -0.134. The Morgan fingerprint density at radius 2 is 1.88 bits per heavy atom. The highest BCUT2D eigenvalue weighted by Gasteiger charge is 2.56. The molecule has 0 radical (unpaired) electrons. The average molecular weight is 347 g/mol. The van der Waals surface area contributed by atoms with E-state index in [0.29, 0.717) is 30.8 Å². The molecule has 0 atom stereocenters. The summed E-state index contributed by atoms with van der Waals surface area (Å²) in [5.41, 5.74) is -0.323. The molecule has 0 aromatic heterocycles. The van der Waals surface area contributed by atoms with Crippen LogP contribution in [-0.4, -0.2) is 50.0 Å². The lowest BCUT2D eigenvalue weighted by Gasteiger charge is -2.18. The first kappa shape index (κ1) is 19.2. The number of nitrogens with zero attached hydrogens (tertiary/aromatic N) is 1. The Morgan fingerprint density at radius 1 is 1.20 bits per heavy atom. The standard InChI is InChI=1S/C19H29N3O3/c1-14(2)25-16-9-6-5-8-15(16)21-18(24)19(10-11-19)17(23)20-12-7-13-22(3)4/h5-6,8-9,14H,7,10-13H2,1-4H3,(H,20,23)(H,21,24). The second-order valence-electron chi connectivity index (χ2n) is 7.11. The van der Waals surface area contributed by atoms with E-state index in [2.05, 4.69) is 15.5 Å². The first-order valence-corrected chi connectivity index (χ1v) is 8.85. The first-order chi connectivity index (χ1) is 11.8. The van der Waals surface area contributed by atoms with Crippen LogP contribution >= 0.6 is 0 Å². The molecule has 1 aliphatic carbocycles. The Labute approximate surface area is 149 Å². The molecule has 1 aromatic rings. The molecule has 1 aliphatic rings. The summed E-state index contributed by atoms with van der Waals surface area (Å²) >= 11 is 0. The Bertz CT molecular complexity index is 610. The van der Waals surface area contributed by atoms with Crippen molar-refractivity contribution in [1.82, 2.24) is 10.2 Å². The first-order valence-electron chi connectivity index (χ1n) is 8.85. The van der Waals surface area contributed by atoms with E-state index < -0.39 is 5.41 Å². The van der Waals surface area contributed by atoms with Gasteiger partial charge in [-0.05, 0) is 65.9 Å². The largest absolute Gasteiger partial charge is 0.489 e. The third-order valence-corrected chi connectivity index (χ3v) is 4.18. The molecule has 0 bridgehead atoms. The lowest BCUT2D eigenvalue weighted by atomic mass is 10.0. The van der Waals surface area contributed by atoms with Crippen LogP contribution in [0.2, 0.25) is 0 Å². The van der Waals surface area contributed by atoms with Gasteiger partial charge in [0.15, 0.2) is 0 Å². The Kier molecular flexibility index (Phi) is 6.42. The molecule has 1 fully saturated rings. The number of hydrogen-bond donors (Lipinski definition) is 2. The van der Waals surface area contributed by atoms with Crippen molar-refractivity contribution in [3.63, 3.8) is 0 Å². The highest BCUT2D eigenvalue weighted by molar-refractivity contribution is 6.13. The fraction of sp³-hybridized carbons (Fsp3) is 0.579. The van der Waals surface area contributed by atoms with E-state index >= 15 is 0 Å². The second-order valence-corrected chi connectivity index (χ2v) is 7.11. The summed E-state index contributed by atoms with van der Waals surface area (Å²) in [5.74, 6) is 0.191. The highest BCUT2D eigenvalue weighted by Crippen LogP contribution is 2.47. The molecule has 1 saturated carbocycles. The van der Waals surface area contributed by atoms with Crippen molar-refractivity contribution >= 4 is 17.5 Å². The molecule has 6 nitrogen and oxygen atoms in total. The van der Waals surface area contributed by atoms with Crippen molar-refractivity contribution in [2.75, 3.05) is 32.5 Å². The van der Waals surface area contributed by atoms with Gasteiger partial charge in [0.25, 0.3) is 0 Å². The van der Waals surface area contributed by atoms with Crippen molar-refractivity contribution < 1.29 is 14.3 Å². The number of para-hydroxylation sites is 2. The fourth-order valence-electron chi connectivity index (χ4n) is 2.62. The molecule has 0 heterocycles. The van der Waals surface area contributed by atoms with Crippen LogP contribution in [-0.2, 0) is 9.59 Å². The van der Waals surface area contributed by atoms with Crippen LogP contribution in [0, 0.1) is 5.41 Å². The van der Waals surface area contributed by atoms with Crippen LogP contribution in [0.25, 0.3) is 0 Å². The van der Waals surface area contributed by atoms with Gasteiger partial charge in [-0.15, -0.1) is 0 Å². The summed E-state index contributed by atoms with van der Waals surface area (Å²) in [5, 5.41) is 5.77. The highest BCUT2D eigenvalue weighted by atomic mass is 16.5. The van der Waals surface area contributed by atoms with Gasteiger partial charge >= 0.3 is 0 Å². The molecule has 6 heteroatoms. The quantitative estimate of drug-likeness (QED) is 0.531. The predicted octanol–water partition coefficient (Wildman–Crippen LogP) is 2.26. The maximum atomic E-state index is 12.7. The predicted molar refractivity (Wildman–Crippen MR) is 98.7 cm³/mol. The van der Waals surface area contributed by atoms with Gasteiger partial charge in [-0.2, -0.15) is 0 Å². The maximum absolute atomic E-state index is 12.7. The molecule has 1 aromatic carbocycles. The topological polar surface area (TPSA) is 70.7 Å². The van der Waals surface area contributed by atoms with E-state index in [1.807, 2.05) is 46.1 Å². The van der Waals surface area contributed by atoms with Gasteiger partial charge in [-0.1, -0.05) is 12.1 Å². The summed E-state index contributed by atoms with van der Waals surface area (Å²) in [6, 6.07) is 7.30. The second kappa shape index (κ2) is 8.34. The molecule has 138 valence electrons. The molecule has 25 heavy (non-hydrogen) atoms. The smallest absolute Gasteiger partial charge is 0.240 e. The van der Waals surface area contributed by atoms with Crippen LogP contribution in [0.5, 0.6) is 5.75 Å². The van der Waals surface area contributed by atoms with E-state index in [1.165, 1.54) is 0 Å². The summed E-state index contributed by atoms with van der Waals surface area (Å²) in [4.78, 5) is 27.2. The van der Waals surface area contributed by atoms with E-state index in [0.717, 1.165) is 13.0 Å². The van der Waals surface area contributed by atoms with Gasteiger partial charge < -0.3 is 20.3 Å². The summed E-state index contributed by atoms with van der Waals surface area (Å²) < 4.78 is 5.72. The van der Waals surface area contributed by atoms with E-state index in [-0.39, 0.29) is 17.9 Å². The zero-order chi connectivity index (χ0) is 18.4. The minimum atomic E-state index is -0.928. The number of ether oxygens (including phenoxy) is 1. The monoisotopic (exact) mass is 347 g/mol. The molecule has 0 saturated heterocycles. The van der Waals surface area contributed by atoms with Crippen LogP contribution in [0.4, 0.5) is 5.69 Å². The SMILES string of the molecule is CC(C)Oc1ccccc1NC(=O)C1(C(=O)NCCCN(C)C)CC1. The zero-order valence-electron chi connectivity index (χ0n) is 15.6. The molecule has 2 amide bonds. The normalized spacial score (nSPS) is 15.1. The molecular formula is C19H29N3O3. The number of carbonyl (C=O) groups excluding carboxylic acids is 2. The molecular weight excluding hydrogens is 318 g/mol. The number of carbonyl (C=O) groups is 2. The van der Waals surface area contributed by atoms with Crippen LogP contribution in [0.3, 0.4) is 0 Å². The Hall–Kier alpha value is -2.08. The maximum Gasteiger partial charge on any atom is 0.240 e. The van der Waals surface area contributed by atoms with Crippen molar-refractivity contribution in [3.05, 3.63) is 24.3 Å². The van der Waals surface area contributed by atoms with Gasteiger partial charge in [-0.3, -0.25) is 9.59 Å². The van der Waals surface area contributed by atoms with Crippen molar-refractivity contribution in [1.29, 1.82) is 0 Å². The zero-order valence-corrected chi connectivity index (χ0v) is 15.6. The van der Waals surface area contributed by atoms with E-state index in [1.54, 1.807) is 6.07 Å². The van der Waals surface area contributed by atoms with Crippen LogP contribution in [0.1, 0.15) is 33.1 Å². The molecule has 2 rings (SSSR count). The molecule has 0 unspecified atom stereocenters. The van der Waals surface area contributed by atoms with Gasteiger partial charge in [0, 0.05) is 6.54 Å². The fourth-order valence-corrected chi connectivity index (χ4v) is 2.62. The van der Waals surface area contributed by atoms with Gasteiger partial charge in [0.1, 0.15) is 11.2 Å². The minimum absolute atomic E-state index is 0.00735. The number of amides is 2. The third kappa shape index (κ3) is 5.19. The van der Waals surface area contributed by atoms with Gasteiger partial charge in [0.2, 0.25) is 11.8 Å². The Balaban J connectivity index is 1.95. The minimum Gasteiger partial charge on any atom is -0.489 e. The van der Waals surface area contributed by atoms with E-state index in [4.69, 9.17) is 4.74 Å². The number of nitrogens with one attached hydrogen (secondary N) is 2. The summed E-state index contributed by atoms with van der Waals surface area (Å²) in [6.45, 7) is 5.35. The van der Waals surface area contributed by atoms with Gasteiger partial charge in [0.05, 0.1) is 11.8 Å². The van der Waals surface area contributed by atoms with E-state index in [9.17, 15) is 9.59 Å². The summed E-state index contributed by atoms with van der Waals surface area (Å²) in [7, 11) is 3.99. The van der Waals surface area contributed by atoms with Crippen molar-refractivity contribution in [2.24, 2.45) is 5.41 Å². The average Bonchev–Trinajstić information content (AvgIpc) is 3.34. The number of rotatable bonds is 9. The molecule has 0 aliphatic heterocycles. The number of benzene rings is 1. The van der Waals surface area contributed by atoms with Gasteiger partial charge in [-0.25, -0.2) is 0 Å². The lowest BCUT2D eigenvalue weighted by Crippen LogP contribution is -2.40. The summed E-state index contributed by atoms with van der Waals surface area (Å²) in [6.07, 6.45) is 2.05. The van der Waals surface area contributed by atoms with Crippen LogP contribution < -0.4 is 15.4 Å². The van der Waals surface area contributed by atoms with Crippen LogP contribution in [0.15, 0.2) is 24.3 Å². The Morgan fingerprint density at radius 3 is 2.48 bits per heavy atom. The number of hydrogen-bond acceptors (Lipinski definition) is 4. The van der Waals surface area contributed by atoms with Crippen molar-refractivity contribution in [3.8, 4) is 5.75 Å². The third-order valence-electron chi connectivity index (χ3n) is 4.18. The van der Waals surface area contributed by atoms with Crippen molar-refractivity contribution in [2.45, 2.75) is 39.2 Å². The number of anilines is 1. The molecule has 2 N–H and O–H groups in total. The molecule has 0 spiro atoms.